The summed E-state index contributed by atoms with van der Waals surface area (Å²) in [5.41, 5.74) is 7.60. The normalized spacial score (nSPS) is 16.3. The molecular formula is C16H19BrFN3. The van der Waals surface area contributed by atoms with E-state index in [1.165, 1.54) is 31.4 Å². The summed E-state index contributed by atoms with van der Waals surface area (Å²) in [5.74, 6) is 1.81. The Labute approximate surface area is 132 Å². The van der Waals surface area contributed by atoms with E-state index in [0.717, 1.165) is 23.1 Å². The fourth-order valence-electron chi connectivity index (χ4n) is 3.13. The van der Waals surface area contributed by atoms with E-state index in [4.69, 9.17) is 10.7 Å². The van der Waals surface area contributed by atoms with Crippen molar-refractivity contribution in [2.45, 2.75) is 38.0 Å². The Morgan fingerprint density at radius 2 is 2.00 bits per heavy atom. The van der Waals surface area contributed by atoms with Crippen LogP contribution in [0.25, 0.3) is 11.3 Å². The summed E-state index contributed by atoms with van der Waals surface area (Å²) >= 11 is 3.46. The summed E-state index contributed by atoms with van der Waals surface area (Å²) in [5, 5.41) is 0. The van der Waals surface area contributed by atoms with Gasteiger partial charge >= 0.3 is 0 Å². The van der Waals surface area contributed by atoms with Crippen molar-refractivity contribution in [2.75, 3.05) is 5.73 Å². The highest BCUT2D eigenvalue weighted by atomic mass is 79.9. The Morgan fingerprint density at radius 1 is 1.29 bits per heavy atom. The highest BCUT2D eigenvalue weighted by molar-refractivity contribution is 9.10. The van der Waals surface area contributed by atoms with Crippen LogP contribution in [0.5, 0.6) is 0 Å². The Kier molecular flexibility index (Phi) is 4.02. The largest absolute Gasteiger partial charge is 0.383 e. The van der Waals surface area contributed by atoms with Crippen LogP contribution < -0.4 is 5.73 Å². The van der Waals surface area contributed by atoms with Gasteiger partial charge in [-0.05, 0) is 31.0 Å². The third-order valence-corrected chi connectivity index (χ3v) is 5.02. The zero-order valence-corrected chi connectivity index (χ0v) is 13.7. The number of halogens is 2. The highest BCUT2D eigenvalue weighted by Gasteiger charge is 2.24. The minimum atomic E-state index is -0.280. The Bertz CT molecular complexity index is 660. The molecule has 2 aromatic rings. The number of hydrogen-bond acceptors (Lipinski definition) is 2. The Hall–Kier alpha value is -1.36. The van der Waals surface area contributed by atoms with Crippen molar-refractivity contribution in [1.29, 1.82) is 0 Å². The van der Waals surface area contributed by atoms with Gasteiger partial charge in [0.1, 0.15) is 23.2 Å². The minimum Gasteiger partial charge on any atom is -0.383 e. The van der Waals surface area contributed by atoms with Crippen LogP contribution >= 0.6 is 15.9 Å². The van der Waals surface area contributed by atoms with Crippen molar-refractivity contribution < 1.29 is 4.39 Å². The van der Waals surface area contributed by atoms with Crippen LogP contribution in [-0.4, -0.2) is 9.55 Å². The van der Waals surface area contributed by atoms with Crippen LogP contribution in [0, 0.1) is 5.82 Å². The number of nitrogen functional groups attached to an aromatic ring is 1. The lowest BCUT2D eigenvalue weighted by atomic mass is 9.89. The molecule has 0 atom stereocenters. The van der Waals surface area contributed by atoms with Crippen molar-refractivity contribution in [2.24, 2.45) is 7.05 Å². The van der Waals surface area contributed by atoms with Gasteiger partial charge in [-0.2, -0.15) is 0 Å². The molecular weight excluding hydrogens is 333 g/mol. The number of nitrogens with zero attached hydrogens (tertiary/aromatic N) is 2. The summed E-state index contributed by atoms with van der Waals surface area (Å²) in [6.45, 7) is 0. The molecule has 1 fully saturated rings. The van der Waals surface area contributed by atoms with Gasteiger partial charge in [-0.15, -0.1) is 0 Å². The molecule has 1 aliphatic carbocycles. The second-order valence-corrected chi connectivity index (χ2v) is 6.58. The Morgan fingerprint density at radius 3 is 2.71 bits per heavy atom. The average Bonchev–Trinajstić information content (AvgIpc) is 2.79. The SMILES string of the molecule is Cn1c(C2CCCCC2)nc(-c2cc(F)ccc2Br)c1N. The number of nitrogens with two attached hydrogens (primary N) is 1. The predicted molar refractivity (Wildman–Crippen MR) is 86.5 cm³/mol. The first kappa shape index (κ1) is 14.6. The van der Waals surface area contributed by atoms with E-state index in [-0.39, 0.29) is 5.82 Å². The number of benzene rings is 1. The second kappa shape index (κ2) is 5.79. The van der Waals surface area contributed by atoms with E-state index < -0.39 is 0 Å². The number of rotatable bonds is 2. The first-order chi connectivity index (χ1) is 10.1. The fourth-order valence-corrected chi connectivity index (χ4v) is 3.57. The molecule has 1 aliphatic rings. The summed E-state index contributed by atoms with van der Waals surface area (Å²) in [4.78, 5) is 4.75. The maximum atomic E-state index is 13.5. The van der Waals surface area contributed by atoms with E-state index in [9.17, 15) is 4.39 Å². The van der Waals surface area contributed by atoms with Gasteiger partial charge in [0.25, 0.3) is 0 Å². The maximum absolute atomic E-state index is 13.5. The topological polar surface area (TPSA) is 43.8 Å². The van der Waals surface area contributed by atoms with Crippen molar-refractivity contribution in [3.8, 4) is 11.3 Å². The van der Waals surface area contributed by atoms with E-state index in [0.29, 0.717) is 23.0 Å². The van der Waals surface area contributed by atoms with Gasteiger partial charge in [-0.3, -0.25) is 0 Å². The van der Waals surface area contributed by atoms with Crippen molar-refractivity contribution >= 4 is 21.7 Å². The molecule has 0 spiro atoms. The second-order valence-electron chi connectivity index (χ2n) is 5.72. The van der Waals surface area contributed by atoms with Gasteiger partial charge < -0.3 is 10.3 Å². The summed E-state index contributed by atoms with van der Waals surface area (Å²) < 4.78 is 16.3. The molecule has 0 unspecified atom stereocenters. The van der Waals surface area contributed by atoms with Crippen molar-refractivity contribution in [1.82, 2.24) is 9.55 Å². The molecule has 1 aromatic carbocycles. The zero-order chi connectivity index (χ0) is 15.0. The molecule has 0 radical (unpaired) electrons. The van der Waals surface area contributed by atoms with Gasteiger partial charge in [-0.1, -0.05) is 35.2 Å². The van der Waals surface area contributed by atoms with Crippen LogP contribution in [0.3, 0.4) is 0 Å². The van der Waals surface area contributed by atoms with E-state index in [1.54, 1.807) is 6.07 Å². The molecule has 0 bridgehead atoms. The van der Waals surface area contributed by atoms with Gasteiger partial charge in [0.2, 0.25) is 0 Å². The molecule has 112 valence electrons. The molecule has 1 aromatic heterocycles. The lowest BCUT2D eigenvalue weighted by Crippen LogP contribution is -2.11. The van der Waals surface area contributed by atoms with E-state index >= 15 is 0 Å². The molecule has 21 heavy (non-hydrogen) atoms. The first-order valence-electron chi connectivity index (χ1n) is 7.35. The summed E-state index contributed by atoms with van der Waals surface area (Å²) in [7, 11) is 1.95. The van der Waals surface area contributed by atoms with Crippen LogP contribution in [0.4, 0.5) is 10.2 Å². The first-order valence-corrected chi connectivity index (χ1v) is 8.14. The maximum Gasteiger partial charge on any atom is 0.131 e. The van der Waals surface area contributed by atoms with Crippen LogP contribution in [0.1, 0.15) is 43.8 Å². The fraction of sp³-hybridized carbons (Fsp3) is 0.438. The molecule has 0 saturated heterocycles. The van der Waals surface area contributed by atoms with E-state index in [1.807, 2.05) is 11.6 Å². The van der Waals surface area contributed by atoms with Crippen LogP contribution in [-0.2, 0) is 7.05 Å². The lowest BCUT2D eigenvalue weighted by molar-refractivity contribution is 0.422. The molecule has 0 aliphatic heterocycles. The molecule has 5 heteroatoms. The molecule has 2 N–H and O–H groups in total. The van der Waals surface area contributed by atoms with Crippen LogP contribution in [0.15, 0.2) is 22.7 Å². The van der Waals surface area contributed by atoms with E-state index in [2.05, 4.69) is 15.9 Å². The highest BCUT2D eigenvalue weighted by Crippen LogP contribution is 2.37. The summed E-state index contributed by atoms with van der Waals surface area (Å²) in [6, 6.07) is 4.60. The molecule has 1 heterocycles. The average molecular weight is 352 g/mol. The monoisotopic (exact) mass is 351 g/mol. The van der Waals surface area contributed by atoms with Crippen LogP contribution in [0.2, 0.25) is 0 Å². The predicted octanol–water partition coefficient (Wildman–Crippen LogP) is 4.62. The third-order valence-electron chi connectivity index (χ3n) is 4.33. The quantitative estimate of drug-likeness (QED) is 0.857. The minimum absolute atomic E-state index is 0.280. The smallest absolute Gasteiger partial charge is 0.131 e. The molecule has 1 saturated carbocycles. The molecule has 0 amide bonds. The third kappa shape index (κ3) is 2.71. The van der Waals surface area contributed by atoms with Gasteiger partial charge in [0.05, 0.1) is 0 Å². The van der Waals surface area contributed by atoms with Crippen molar-refractivity contribution in [3.05, 3.63) is 34.3 Å². The zero-order valence-electron chi connectivity index (χ0n) is 12.1. The van der Waals surface area contributed by atoms with Crippen molar-refractivity contribution in [3.63, 3.8) is 0 Å². The number of hydrogen-bond donors (Lipinski definition) is 1. The molecule has 3 nitrogen and oxygen atoms in total. The van der Waals surface area contributed by atoms with Gasteiger partial charge in [-0.25, -0.2) is 9.37 Å². The molecule has 3 rings (SSSR count). The Balaban J connectivity index is 2.05. The summed E-state index contributed by atoms with van der Waals surface area (Å²) in [6.07, 6.45) is 6.12. The number of imidazole rings is 1. The standard InChI is InChI=1S/C16H19BrFN3/c1-21-15(19)14(12-9-11(18)7-8-13(12)17)20-16(21)10-5-3-2-4-6-10/h7-10H,2-6,19H2,1H3. The lowest BCUT2D eigenvalue weighted by Gasteiger charge is -2.21. The van der Waals surface area contributed by atoms with Gasteiger partial charge in [0.15, 0.2) is 0 Å². The number of aromatic nitrogens is 2. The van der Waals surface area contributed by atoms with Gasteiger partial charge in [0, 0.05) is 23.0 Å². The number of anilines is 1.